The normalized spacial score (nSPS) is 10.1. The smallest absolute Gasteiger partial charge is 0.126 e. The van der Waals surface area contributed by atoms with Crippen molar-refractivity contribution in [3.8, 4) is 0 Å². The van der Waals surface area contributed by atoms with E-state index in [4.69, 9.17) is 0 Å². The zero-order valence-electron chi connectivity index (χ0n) is 7.77. The largest absolute Gasteiger partial charge is 0.365 e. The number of rotatable bonds is 3. The highest BCUT2D eigenvalue weighted by molar-refractivity contribution is 7.05. The van der Waals surface area contributed by atoms with Gasteiger partial charge in [0.25, 0.3) is 0 Å². The van der Waals surface area contributed by atoms with Gasteiger partial charge >= 0.3 is 0 Å². The fraction of sp³-hybridized carbons (Fsp3) is 0.222. The molecule has 0 aliphatic heterocycles. The molecule has 0 unspecified atom stereocenters. The second-order valence-corrected chi connectivity index (χ2v) is 3.69. The van der Waals surface area contributed by atoms with E-state index in [1.165, 1.54) is 11.5 Å². The van der Waals surface area contributed by atoms with E-state index < -0.39 is 0 Å². The molecule has 0 radical (unpaired) electrons. The molecule has 0 atom stereocenters. The van der Waals surface area contributed by atoms with Gasteiger partial charge in [-0.2, -0.15) is 0 Å². The highest BCUT2D eigenvalue weighted by Crippen LogP contribution is 2.11. The topological polar surface area (TPSA) is 50.7 Å². The molecular formula is C9H10N4S. The number of hydrogen-bond acceptors (Lipinski definition) is 5. The van der Waals surface area contributed by atoms with Crippen LogP contribution in [0.15, 0.2) is 24.4 Å². The van der Waals surface area contributed by atoms with Crippen molar-refractivity contribution in [2.75, 3.05) is 5.32 Å². The van der Waals surface area contributed by atoms with E-state index in [0.717, 1.165) is 22.9 Å². The monoisotopic (exact) mass is 206 g/mol. The van der Waals surface area contributed by atoms with Crippen LogP contribution in [0.1, 0.15) is 10.6 Å². The van der Waals surface area contributed by atoms with Crippen LogP contribution in [0.3, 0.4) is 0 Å². The number of nitrogens with zero attached hydrogens (tertiary/aromatic N) is 3. The molecule has 0 aliphatic carbocycles. The zero-order chi connectivity index (χ0) is 9.80. The Morgan fingerprint density at radius 1 is 1.43 bits per heavy atom. The number of aromatic nitrogens is 3. The molecule has 72 valence electrons. The van der Waals surface area contributed by atoms with Crippen LogP contribution in [0.2, 0.25) is 0 Å². The molecule has 0 spiro atoms. The average molecular weight is 206 g/mol. The second-order valence-electron chi connectivity index (χ2n) is 2.85. The molecule has 0 fully saturated rings. The summed E-state index contributed by atoms with van der Waals surface area (Å²) in [6.07, 6.45) is 1.76. The van der Waals surface area contributed by atoms with Crippen molar-refractivity contribution in [1.29, 1.82) is 0 Å². The molecule has 0 aromatic carbocycles. The molecule has 0 saturated heterocycles. The summed E-state index contributed by atoms with van der Waals surface area (Å²) in [6, 6.07) is 5.78. The highest BCUT2D eigenvalue weighted by atomic mass is 32.1. The van der Waals surface area contributed by atoms with Crippen LogP contribution < -0.4 is 5.32 Å². The van der Waals surface area contributed by atoms with Crippen molar-refractivity contribution in [2.24, 2.45) is 0 Å². The molecule has 2 heterocycles. The van der Waals surface area contributed by atoms with Gasteiger partial charge in [-0.1, -0.05) is 10.6 Å². The number of aryl methyl sites for hydroxylation is 1. The maximum atomic E-state index is 4.16. The molecule has 1 N–H and O–H groups in total. The molecule has 0 bridgehead atoms. The van der Waals surface area contributed by atoms with Crippen molar-refractivity contribution >= 4 is 17.4 Å². The quantitative estimate of drug-likeness (QED) is 0.832. The van der Waals surface area contributed by atoms with Gasteiger partial charge in [0.2, 0.25) is 0 Å². The van der Waals surface area contributed by atoms with Gasteiger partial charge in [0.1, 0.15) is 5.82 Å². The third-order valence-corrected chi connectivity index (χ3v) is 2.66. The molecule has 4 nitrogen and oxygen atoms in total. The Kier molecular flexibility index (Phi) is 2.69. The van der Waals surface area contributed by atoms with E-state index in [0.29, 0.717) is 0 Å². The van der Waals surface area contributed by atoms with Gasteiger partial charge in [-0.05, 0) is 30.6 Å². The molecule has 0 amide bonds. The zero-order valence-corrected chi connectivity index (χ0v) is 8.58. The summed E-state index contributed by atoms with van der Waals surface area (Å²) in [5.41, 5.74) is 0.985. The summed E-state index contributed by atoms with van der Waals surface area (Å²) in [6.45, 7) is 2.69. The standard InChI is InChI=1S/C9H10N4S/c1-7-8(14-13-12-7)6-11-9-4-2-3-5-10-9/h2-5H,6H2,1H3,(H,10,11). The van der Waals surface area contributed by atoms with E-state index in [2.05, 4.69) is 19.9 Å². The van der Waals surface area contributed by atoms with E-state index in [1.807, 2.05) is 25.1 Å². The molecule has 0 saturated carbocycles. The van der Waals surface area contributed by atoms with Crippen molar-refractivity contribution in [1.82, 2.24) is 14.6 Å². The van der Waals surface area contributed by atoms with Crippen LogP contribution in [0.4, 0.5) is 5.82 Å². The lowest BCUT2D eigenvalue weighted by molar-refractivity contribution is 1.05. The molecular weight excluding hydrogens is 196 g/mol. The first-order chi connectivity index (χ1) is 6.86. The van der Waals surface area contributed by atoms with Gasteiger partial charge < -0.3 is 5.32 Å². The van der Waals surface area contributed by atoms with E-state index >= 15 is 0 Å². The summed E-state index contributed by atoms with van der Waals surface area (Å²) in [7, 11) is 0. The van der Waals surface area contributed by atoms with Gasteiger partial charge in [0.05, 0.1) is 17.1 Å². The first kappa shape index (κ1) is 9.08. The first-order valence-corrected chi connectivity index (χ1v) is 5.06. The van der Waals surface area contributed by atoms with Crippen LogP contribution >= 0.6 is 11.5 Å². The second kappa shape index (κ2) is 4.15. The van der Waals surface area contributed by atoms with Crippen molar-refractivity contribution in [2.45, 2.75) is 13.5 Å². The van der Waals surface area contributed by atoms with E-state index in [9.17, 15) is 0 Å². The van der Waals surface area contributed by atoms with Crippen molar-refractivity contribution < 1.29 is 0 Å². The predicted molar refractivity (Wildman–Crippen MR) is 56.2 cm³/mol. The van der Waals surface area contributed by atoms with Crippen molar-refractivity contribution in [3.05, 3.63) is 35.0 Å². The lowest BCUT2D eigenvalue weighted by atomic mass is 10.4. The van der Waals surface area contributed by atoms with Crippen molar-refractivity contribution in [3.63, 3.8) is 0 Å². The van der Waals surface area contributed by atoms with Crippen LogP contribution in [0, 0.1) is 6.92 Å². The first-order valence-electron chi connectivity index (χ1n) is 4.29. The minimum Gasteiger partial charge on any atom is -0.365 e. The van der Waals surface area contributed by atoms with Gasteiger partial charge in [-0.3, -0.25) is 0 Å². The summed E-state index contributed by atoms with van der Waals surface area (Å²) in [4.78, 5) is 5.31. The summed E-state index contributed by atoms with van der Waals surface area (Å²) < 4.78 is 3.87. The summed E-state index contributed by atoms with van der Waals surface area (Å²) >= 11 is 1.42. The molecule has 0 aliphatic rings. The Morgan fingerprint density at radius 3 is 3.00 bits per heavy atom. The van der Waals surface area contributed by atoms with Gasteiger partial charge in [-0.25, -0.2) is 4.98 Å². The number of anilines is 1. The Bertz CT molecular complexity index is 398. The van der Waals surface area contributed by atoms with Crippen LogP contribution in [-0.2, 0) is 6.54 Å². The maximum absolute atomic E-state index is 4.16. The third-order valence-electron chi connectivity index (χ3n) is 1.84. The Morgan fingerprint density at radius 2 is 2.36 bits per heavy atom. The molecule has 2 aromatic rings. The number of hydrogen-bond donors (Lipinski definition) is 1. The lowest BCUT2D eigenvalue weighted by Gasteiger charge is -2.02. The summed E-state index contributed by atoms with van der Waals surface area (Å²) in [5, 5.41) is 7.14. The van der Waals surface area contributed by atoms with Gasteiger partial charge in [0.15, 0.2) is 0 Å². The minimum atomic E-state index is 0.737. The van der Waals surface area contributed by atoms with E-state index in [-0.39, 0.29) is 0 Å². The Hall–Kier alpha value is -1.49. The Labute approximate surface area is 86.2 Å². The molecule has 14 heavy (non-hydrogen) atoms. The summed E-state index contributed by atoms with van der Waals surface area (Å²) in [5.74, 6) is 0.875. The molecule has 2 aromatic heterocycles. The van der Waals surface area contributed by atoms with Crippen LogP contribution in [0.25, 0.3) is 0 Å². The number of nitrogens with one attached hydrogen (secondary N) is 1. The average Bonchev–Trinajstić information content (AvgIpc) is 2.63. The van der Waals surface area contributed by atoms with Gasteiger partial charge in [0, 0.05) is 6.20 Å². The lowest BCUT2D eigenvalue weighted by Crippen LogP contribution is -2.00. The maximum Gasteiger partial charge on any atom is 0.126 e. The highest BCUT2D eigenvalue weighted by Gasteiger charge is 2.01. The number of pyridine rings is 1. The fourth-order valence-corrected chi connectivity index (χ4v) is 1.62. The predicted octanol–water partition coefficient (Wildman–Crippen LogP) is 1.85. The fourth-order valence-electron chi connectivity index (χ4n) is 1.05. The van der Waals surface area contributed by atoms with Gasteiger partial charge in [-0.15, -0.1) is 5.10 Å². The SMILES string of the molecule is Cc1nnsc1CNc1ccccn1. The minimum absolute atomic E-state index is 0.737. The van der Waals surface area contributed by atoms with Crippen LogP contribution in [0.5, 0.6) is 0 Å². The molecule has 5 heteroatoms. The molecule has 2 rings (SSSR count). The van der Waals surface area contributed by atoms with E-state index in [1.54, 1.807) is 6.20 Å². The Balaban J connectivity index is 1.99. The van der Waals surface area contributed by atoms with Crippen LogP contribution in [-0.4, -0.2) is 14.6 Å². The third kappa shape index (κ3) is 2.05.